The third-order valence-electron chi connectivity index (χ3n) is 4.02. The zero-order chi connectivity index (χ0) is 20.0. The Morgan fingerprint density at radius 2 is 1.85 bits per heavy atom. The number of rotatable bonds is 7. The van der Waals surface area contributed by atoms with Crippen LogP contribution in [-0.4, -0.2) is 28.6 Å². The summed E-state index contributed by atoms with van der Waals surface area (Å²) in [6.07, 6.45) is 1.19. The minimum atomic E-state index is -0.429. The average molecular weight is 373 g/mol. The number of anilines is 1. The Bertz CT molecular complexity index is 786. The number of para-hydroxylation sites is 1. The number of benzene rings is 1. The van der Waals surface area contributed by atoms with E-state index in [-0.39, 0.29) is 24.3 Å². The van der Waals surface area contributed by atoms with Crippen molar-refractivity contribution >= 4 is 17.6 Å². The summed E-state index contributed by atoms with van der Waals surface area (Å²) in [5.74, 6) is 0.360. The number of aromatic nitrogens is 2. The predicted octanol–water partition coefficient (Wildman–Crippen LogP) is 3.49. The van der Waals surface area contributed by atoms with Crippen LogP contribution in [0.4, 0.5) is 5.69 Å². The second kappa shape index (κ2) is 8.79. The van der Waals surface area contributed by atoms with E-state index in [2.05, 4.69) is 15.5 Å². The number of hydrogen-bond donors (Lipinski definition) is 1. The fourth-order valence-electron chi connectivity index (χ4n) is 2.45. The number of nitrogens with zero attached hydrogens (tertiary/aromatic N) is 2. The van der Waals surface area contributed by atoms with Crippen molar-refractivity contribution in [2.45, 2.75) is 59.3 Å². The third-order valence-corrected chi connectivity index (χ3v) is 4.02. The van der Waals surface area contributed by atoms with Crippen molar-refractivity contribution in [3.8, 4) is 0 Å². The Morgan fingerprint density at radius 3 is 2.44 bits per heavy atom. The Hall–Kier alpha value is -2.70. The molecule has 7 heteroatoms. The summed E-state index contributed by atoms with van der Waals surface area (Å²) in [6, 6.07) is 5.75. The molecule has 1 amide bonds. The van der Waals surface area contributed by atoms with Gasteiger partial charge in [0.2, 0.25) is 5.89 Å². The molecule has 146 valence electrons. The number of nitrogens with one attached hydrogen (secondary N) is 1. The third kappa shape index (κ3) is 6.20. The lowest BCUT2D eigenvalue weighted by atomic mass is 9.96. The summed E-state index contributed by atoms with van der Waals surface area (Å²) in [7, 11) is 0. The molecule has 1 heterocycles. The maximum Gasteiger partial charge on any atom is 0.306 e. The van der Waals surface area contributed by atoms with Crippen LogP contribution in [0.2, 0.25) is 0 Å². The highest BCUT2D eigenvalue weighted by Crippen LogP contribution is 2.20. The highest BCUT2D eigenvalue weighted by Gasteiger charge is 2.21. The van der Waals surface area contributed by atoms with Crippen LogP contribution in [0.3, 0.4) is 0 Å². The lowest BCUT2D eigenvalue weighted by Crippen LogP contribution is -2.21. The molecule has 27 heavy (non-hydrogen) atoms. The quantitative estimate of drug-likeness (QED) is 0.747. The van der Waals surface area contributed by atoms with E-state index >= 15 is 0 Å². The lowest BCUT2D eigenvalue weighted by Gasteiger charge is -2.11. The molecule has 0 bridgehead atoms. The van der Waals surface area contributed by atoms with E-state index in [0.717, 1.165) is 16.8 Å². The Morgan fingerprint density at radius 1 is 1.19 bits per heavy atom. The first-order valence-corrected chi connectivity index (χ1v) is 9.01. The van der Waals surface area contributed by atoms with Gasteiger partial charge in [-0.15, -0.1) is 0 Å². The molecule has 7 nitrogen and oxygen atoms in total. The van der Waals surface area contributed by atoms with Gasteiger partial charge in [0.05, 0.1) is 0 Å². The smallest absolute Gasteiger partial charge is 0.306 e. The van der Waals surface area contributed by atoms with Gasteiger partial charge < -0.3 is 14.6 Å². The van der Waals surface area contributed by atoms with Crippen LogP contribution in [0, 0.1) is 13.8 Å². The van der Waals surface area contributed by atoms with Crippen molar-refractivity contribution in [3.63, 3.8) is 0 Å². The SMILES string of the molecule is Cc1cccc(C)c1NC(=O)COC(=O)CCCc1nc(C(C)(C)C)no1. The number of amides is 1. The second-order valence-corrected chi connectivity index (χ2v) is 7.59. The van der Waals surface area contributed by atoms with Crippen molar-refractivity contribution in [1.82, 2.24) is 10.1 Å². The zero-order valence-electron chi connectivity index (χ0n) is 16.6. The largest absolute Gasteiger partial charge is 0.456 e. The highest BCUT2D eigenvalue weighted by molar-refractivity contribution is 5.94. The minimum Gasteiger partial charge on any atom is -0.456 e. The van der Waals surface area contributed by atoms with E-state index in [1.165, 1.54) is 0 Å². The predicted molar refractivity (Wildman–Crippen MR) is 101 cm³/mol. The number of hydrogen-bond acceptors (Lipinski definition) is 6. The summed E-state index contributed by atoms with van der Waals surface area (Å²) in [5, 5.41) is 6.73. The molecule has 0 spiro atoms. The van der Waals surface area contributed by atoms with Gasteiger partial charge in [0.15, 0.2) is 12.4 Å². The number of ether oxygens (including phenoxy) is 1. The van der Waals surface area contributed by atoms with Crippen LogP contribution in [0.5, 0.6) is 0 Å². The van der Waals surface area contributed by atoms with Gasteiger partial charge in [0.25, 0.3) is 5.91 Å². The maximum absolute atomic E-state index is 12.0. The van der Waals surface area contributed by atoms with E-state index in [9.17, 15) is 9.59 Å². The molecule has 1 N–H and O–H groups in total. The molecular formula is C20H27N3O4. The summed E-state index contributed by atoms with van der Waals surface area (Å²) < 4.78 is 10.2. The van der Waals surface area contributed by atoms with Crippen LogP contribution in [0.1, 0.15) is 56.5 Å². The molecule has 0 radical (unpaired) electrons. The summed E-state index contributed by atoms with van der Waals surface area (Å²) in [6.45, 7) is 9.53. The zero-order valence-corrected chi connectivity index (χ0v) is 16.6. The summed E-state index contributed by atoms with van der Waals surface area (Å²) in [5.41, 5.74) is 2.50. The Labute approximate surface area is 159 Å². The van der Waals surface area contributed by atoms with Gasteiger partial charge in [-0.2, -0.15) is 4.98 Å². The van der Waals surface area contributed by atoms with E-state index in [1.54, 1.807) is 0 Å². The van der Waals surface area contributed by atoms with Crippen LogP contribution >= 0.6 is 0 Å². The van der Waals surface area contributed by atoms with Gasteiger partial charge in [-0.25, -0.2) is 0 Å². The lowest BCUT2D eigenvalue weighted by molar-refractivity contribution is -0.147. The topological polar surface area (TPSA) is 94.3 Å². The standard InChI is InChI=1S/C20H27N3O4/c1-13-8-6-9-14(2)18(13)21-15(24)12-26-17(25)11-7-10-16-22-19(23-27-16)20(3,4)5/h6,8-9H,7,10-12H2,1-5H3,(H,21,24). The molecule has 0 aliphatic carbocycles. The first-order chi connectivity index (χ1) is 12.7. The molecule has 0 atom stereocenters. The normalized spacial score (nSPS) is 11.3. The fraction of sp³-hybridized carbons (Fsp3) is 0.500. The monoisotopic (exact) mass is 373 g/mol. The number of carbonyl (C=O) groups is 2. The molecular weight excluding hydrogens is 346 g/mol. The van der Waals surface area contributed by atoms with Crippen LogP contribution < -0.4 is 5.32 Å². The van der Waals surface area contributed by atoms with E-state index in [1.807, 2.05) is 52.8 Å². The number of carbonyl (C=O) groups excluding carboxylic acids is 2. The number of esters is 1. The van der Waals surface area contributed by atoms with Gasteiger partial charge in [0, 0.05) is 23.9 Å². The van der Waals surface area contributed by atoms with Gasteiger partial charge in [-0.3, -0.25) is 9.59 Å². The maximum atomic E-state index is 12.0. The van der Waals surface area contributed by atoms with Crippen molar-refractivity contribution in [3.05, 3.63) is 41.0 Å². The van der Waals surface area contributed by atoms with Crippen molar-refractivity contribution in [1.29, 1.82) is 0 Å². The van der Waals surface area contributed by atoms with E-state index in [4.69, 9.17) is 9.26 Å². The van der Waals surface area contributed by atoms with Gasteiger partial charge in [-0.1, -0.05) is 44.1 Å². The first-order valence-electron chi connectivity index (χ1n) is 9.01. The van der Waals surface area contributed by atoms with E-state index < -0.39 is 5.97 Å². The van der Waals surface area contributed by atoms with Crippen LogP contribution in [0.15, 0.2) is 22.7 Å². The van der Waals surface area contributed by atoms with Gasteiger partial charge in [0.1, 0.15) is 0 Å². The summed E-state index contributed by atoms with van der Waals surface area (Å²) in [4.78, 5) is 28.1. The molecule has 0 saturated carbocycles. The summed E-state index contributed by atoms with van der Waals surface area (Å²) >= 11 is 0. The molecule has 0 fully saturated rings. The molecule has 2 aromatic rings. The molecule has 0 saturated heterocycles. The number of aryl methyl sites for hydroxylation is 3. The molecule has 0 unspecified atom stereocenters. The second-order valence-electron chi connectivity index (χ2n) is 7.59. The van der Waals surface area contributed by atoms with Crippen molar-refractivity contribution in [2.24, 2.45) is 0 Å². The molecule has 0 aliphatic rings. The van der Waals surface area contributed by atoms with Gasteiger partial charge in [-0.05, 0) is 31.4 Å². The molecule has 2 rings (SSSR count). The fourth-order valence-corrected chi connectivity index (χ4v) is 2.45. The van der Waals surface area contributed by atoms with Gasteiger partial charge >= 0.3 is 5.97 Å². The molecule has 1 aromatic carbocycles. The first kappa shape index (κ1) is 20.6. The van der Waals surface area contributed by atoms with Crippen molar-refractivity contribution in [2.75, 3.05) is 11.9 Å². The molecule has 1 aromatic heterocycles. The minimum absolute atomic E-state index is 0.177. The van der Waals surface area contributed by atoms with Crippen LogP contribution in [0.25, 0.3) is 0 Å². The van der Waals surface area contributed by atoms with Crippen molar-refractivity contribution < 1.29 is 18.8 Å². The average Bonchev–Trinajstić information content (AvgIpc) is 3.06. The highest BCUT2D eigenvalue weighted by atomic mass is 16.5. The van der Waals surface area contributed by atoms with E-state index in [0.29, 0.717) is 24.6 Å². The van der Waals surface area contributed by atoms with Crippen LogP contribution in [-0.2, 0) is 26.2 Å². The Kier molecular flexibility index (Phi) is 6.71. The molecule has 0 aliphatic heterocycles. The Balaban J connectivity index is 1.71.